The van der Waals surface area contributed by atoms with Crippen LogP contribution in [0.3, 0.4) is 0 Å². The fourth-order valence-electron chi connectivity index (χ4n) is 1.19. The summed E-state index contributed by atoms with van der Waals surface area (Å²) in [6.45, 7) is 5.31. The Labute approximate surface area is 119 Å². The number of primary amides is 1. The van der Waals surface area contributed by atoms with Gasteiger partial charge in [0.25, 0.3) is 0 Å². The molecule has 0 unspecified atom stereocenters. The molecule has 0 spiro atoms. The van der Waals surface area contributed by atoms with Crippen molar-refractivity contribution in [2.24, 2.45) is 5.73 Å². The second-order valence-electron chi connectivity index (χ2n) is 4.69. The third kappa shape index (κ3) is 5.60. The minimum absolute atomic E-state index is 0.272. The van der Waals surface area contributed by atoms with Crippen molar-refractivity contribution in [1.29, 1.82) is 0 Å². The molecule has 0 aliphatic carbocycles. The Morgan fingerprint density at radius 2 is 1.95 bits per heavy atom. The van der Waals surface area contributed by atoms with Gasteiger partial charge in [-0.1, -0.05) is 0 Å². The molecule has 7 heteroatoms. The molecule has 104 valence electrons. The molecule has 0 atom stereocenters. The van der Waals surface area contributed by atoms with Gasteiger partial charge in [-0.05, 0) is 54.9 Å². The van der Waals surface area contributed by atoms with Gasteiger partial charge in [-0.3, -0.25) is 5.32 Å². The van der Waals surface area contributed by atoms with Gasteiger partial charge in [0.05, 0.1) is 5.69 Å². The van der Waals surface area contributed by atoms with E-state index in [4.69, 9.17) is 15.2 Å². The smallest absolute Gasteiger partial charge is 0.412 e. The molecule has 0 aromatic heterocycles. The number of benzene rings is 1. The van der Waals surface area contributed by atoms with Crippen LogP contribution in [0.15, 0.2) is 22.7 Å². The number of hydrogen-bond acceptors (Lipinski definition) is 4. The van der Waals surface area contributed by atoms with Crippen LogP contribution in [0.1, 0.15) is 20.8 Å². The van der Waals surface area contributed by atoms with E-state index in [-0.39, 0.29) is 5.75 Å². The molecule has 3 N–H and O–H groups in total. The van der Waals surface area contributed by atoms with E-state index < -0.39 is 17.8 Å². The van der Waals surface area contributed by atoms with Crippen LogP contribution in [0.2, 0.25) is 0 Å². The molecule has 0 saturated heterocycles. The lowest BCUT2D eigenvalue weighted by atomic mass is 10.2. The van der Waals surface area contributed by atoms with Crippen molar-refractivity contribution < 1.29 is 19.1 Å². The van der Waals surface area contributed by atoms with Crippen molar-refractivity contribution >= 4 is 33.8 Å². The largest absolute Gasteiger partial charge is 0.444 e. The molecule has 0 aliphatic heterocycles. The Bertz CT molecular complexity index is 497. The number of hydrogen-bond donors (Lipinski definition) is 2. The summed E-state index contributed by atoms with van der Waals surface area (Å²) in [6.07, 6.45) is -1.48. The summed E-state index contributed by atoms with van der Waals surface area (Å²) in [6, 6.07) is 4.58. The Hall–Kier alpha value is -1.76. The van der Waals surface area contributed by atoms with Crippen molar-refractivity contribution in [1.82, 2.24) is 0 Å². The van der Waals surface area contributed by atoms with Gasteiger partial charge in [-0.25, -0.2) is 9.59 Å². The zero-order valence-corrected chi connectivity index (χ0v) is 12.4. The normalized spacial score (nSPS) is 10.7. The van der Waals surface area contributed by atoms with E-state index in [9.17, 15) is 9.59 Å². The third-order valence-corrected chi connectivity index (χ3v) is 2.45. The first-order valence-corrected chi connectivity index (χ1v) is 6.23. The highest BCUT2D eigenvalue weighted by Gasteiger charge is 2.17. The fourth-order valence-corrected chi connectivity index (χ4v) is 1.65. The number of nitrogens with one attached hydrogen (secondary N) is 1. The topological polar surface area (TPSA) is 90.7 Å². The quantitative estimate of drug-likeness (QED) is 0.870. The monoisotopic (exact) mass is 330 g/mol. The van der Waals surface area contributed by atoms with Gasteiger partial charge in [-0.2, -0.15) is 0 Å². The minimum Gasteiger partial charge on any atom is -0.444 e. The summed E-state index contributed by atoms with van der Waals surface area (Å²) in [5.74, 6) is 0.272. The molecule has 0 heterocycles. The Balaban J connectivity index is 2.75. The van der Waals surface area contributed by atoms with Crippen LogP contribution in [-0.4, -0.2) is 17.8 Å². The second-order valence-corrected chi connectivity index (χ2v) is 5.54. The van der Waals surface area contributed by atoms with E-state index in [2.05, 4.69) is 21.2 Å². The molecule has 19 heavy (non-hydrogen) atoms. The van der Waals surface area contributed by atoms with Gasteiger partial charge in [0.1, 0.15) is 11.4 Å². The molecular weight excluding hydrogens is 316 g/mol. The number of amides is 2. The van der Waals surface area contributed by atoms with E-state index >= 15 is 0 Å². The van der Waals surface area contributed by atoms with Gasteiger partial charge in [0.2, 0.25) is 0 Å². The summed E-state index contributed by atoms with van der Waals surface area (Å²) in [5, 5.41) is 2.57. The summed E-state index contributed by atoms with van der Waals surface area (Å²) >= 11 is 3.24. The SMILES string of the molecule is CC(C)(C)OC(=O)Nc1ccc(OC(N)=O)cc1Br. The van der Waals surface area contributed by atoms with Crippen LogP contribution in [0, 0.1) is 0 Å². The van der Waals surface area contributed by atoms with Gasteiger partial charge >= 0.3 is 12.2 Å². The molecule has 0 bridgehead atoms. The average Bonchev–Trinajstić information content (AvgIpc) is 2.18. The first kappa shape index (κ1) is 15.3. The first-order chi connectivity index (χ1) is 8.67. The third-order valence-electron chi connectivity index (χ3n) is 1.79. The highest BCUT2D eigenvalue weighted by molar-refractivity contribution is 9.10. The van der Waals surface area contributed by atoms with Crippen LogP contribution in [0.25, 0.3) is 0 Å². The number of carbonyl (C=O) groups excluding carboxylic acids is 2. The lowest BCUT2D eigenvalue weighted by Crippen LogP contribution is -2.27. The van der Waals surface area contributed by atoms with Crippen LogP contribution in [0.5, 0.6) is 5.75 Å². The maximum Gasteiger partial charge on any atom is 0.412 e. The van der Waals surface area contributed by atoms with E-state index in [1.807, 2.05) is 0 Å². The number of anilines is 1. The first-order valence-electron chi connectivity index (χ1n) is 5.44. The lowest BCUT2D eigenvalue weighted by Gasteiger charge is -2.20. The van der Waals surface area contributed by atoms with E-state index in [1.165, 1.54) is 12.1 Å². The fraction of sp³-hybridized carbons (Fsp3) is 0.333. The molecule has 1 aromatic rings. The van der Waals surface area contributed by atoms with E-state index in [0.29, 0.717) is 10.2 Å². The van der Waals surface area contributed by atoms with Gasteiger partial charge in [0.15, 0.2) is 0 Å². The van der Waals surface area contributed by atoms with E-state index in [0.717, 1.165) is 0 Å². The predicted octanol–water partition coefficient (Wildman–Crippen LogP) is 3.25. The van der Waals surface area contributed by atoms with Crippen LogP contribution in [0.4, 0.5) is 15.3 Å². The van der Waals surface area contributed by atoms with Crippen LogP contribution >= 0.6 is 15.9 Å². The standard InChI is InChI=1S/C12H15BrN2O4/c1-12(2,3)19-11(17)15-9-5-4-7(6-8(9)13)18-10(14)16/h4-6H,1-3H3,(H2,14,16)(H,15,17). The summed E-state index contributed by atoms with van der Waals surface area (Å²) < 4.78 is 10.4. The van der Waals surface area contributed by atoms with E-state index in [1.54, 1.807) is 26.8 Å². The number of rotatable bonds is 2. The van der Waals surface area contributed by atoms with Crippen molar-refractivity contribution in [2.45, 2.75) is 26.4 Å². The number of nitrogens with two attached hydrogens (primary N) is 1. The predicted molar refractivity (Wildman–Crippen MR) is 74.2 cm³/mol. The maximum absolute atomic E-state index is 11.6. The molecule has 1 rings (SSSR count). The molecule has 1 aromatic carbocycles. The maximum atomic E-state index is 11.6. The number of carbonyl (C=O) groups is 2. The Morgan fingerprint density at radius 1 is 1.32 bits per heavy atom. The molecular formula is C12H15BrN2O4. The van der Waals surface area contributed by atoms with Crippen LogP contribution < -0.4 is 15.8 Å². The Kier molecular flexibility index (Phi) is 4.77. The molecule has 6 nitrogen and oxygen atoms in total. The highest BCUT2D eigenvalue weighted by Crippen LogP contribution is 2.27. The van der Waals surface area contributed by atoms with Gasteiger partial charge in [-0.15, -0.1) is 0 Å². The van der Waals surface area contributed by atoms with Crippen molar-refractivity contribution in [3.05, 3.63) is 22.7 Å². The second kappa shape index (κ2) is 5.92. The van der Waals surface area contributed by atoms with Crippen molar-refractivity contribution in [2.75, 3.05) is 5.32 Å². The average molecular weight is 331 g/mol. The van der Waals surface area contributed by atoms with Crippen LogP contribution in [-0.2, 0) is 4.74 Å². The molecule has 2 amide bonds. The zero-order chi connectivity index (χ0) is 14.6. The lowest BCUT2D eigenvalue weighted by molar-refractivity contribution is 0.0635. The van der Waals surface area contributed by atoms with Gasteiger partial charge < -0.3 is 15.2 Å². The Morgan fingerprint density at radius 3 is 2.42 bits per heavy atom. The highest BCUT2D eigenvalue weighted by atomic mass is 79.9. The molecule has 0 radical (unpaired) electrons. The zero-order valence-electron chi connectivity index (χ0n) is 10.8. The molecule has 0 fully saturated rings. The van der Waals surface area contributed by atoms with Crippen molar-refractivity contribution in [3.8, 4) is 5.75 Å². The molecule has 0 aliphatic rings. The number of halogens is 1. The van der Waals surface area contributed by atoms with Gasteiger partial charge in [0, 0.05) is 4.47 Å². The summed E-state index contributed by atoms with van der Waals surface area (Å²) in [5.41, 5.74) is 4.81. The summed E-state index contributed by atoms with van der Waals surface area (Å²) in [7, 11) is 0. The van der Waals surface area contributed by atoms with Crippen molar-refractivity contribution in [3.63, 3.8) is 0 Å². The summed E-state index contributed by atoms with van der Waals surface area (Å²) in [4.78, 5) is 22.2. The number of ether oxygens (including phenoxy) is 2. The minimum atomic E-state index is -0.903. The molecule has 0 saturated carbocycles.